The Kier molecular flexibility index (Phi) is 8.23. The Balaban J connectivity index is 2.12. The number of para-hydroxylation sites is 1. The highest BCUT2D eigenvalue weighted by Crippen LogP contribution is 2.28. The molecular weight excluding hydrogens is 448 g/mol. The van der Waals surface area contributed by atoms with E-state index in [1.807, 2.05) is 18.2 Å². The second-order valence-corrected chi connectivity index (χ2v) is 9.36. The van der Waals surface area contributed by atoms with Crippen LogP contribution in [0.25, 0.3) is 6.08 Å². The van der Waals surface area contributed by atoms with E-state index < -0.39 is 15.9 Å². The molecule has 3 rings (SSSR count). The zero-order valence-electron chi connectivity index (χ0n) is 19.1. The Bertz CT molecular complexity index is 1310. The number of anilines is 1. The summed E-state index contributed by atoms with van der Waals surface area (Å²) in [7, 11) is -2.81. The van der Waals surface area contributed by atoms with Gasteiger partial charge in [-0.2, -0.15) is 9.57 Å². The molecule has 0 bridgehead atoms. The quantitative estimate of drug-likeness (QED) is 0.307. The summed E-state index contributed by atoms with van der Waals surface area (Å²) in [5.74, 6) is -0.487. The van der Waals surface area contributed by atoms with Gasteiger partial charge in [0.05, 0.1) is 17.7 Å². The van der Waals surface area contributed by atoms with Gasteiger partial charge < -0.3 is 4.74 Å². The van der Waals surface area contributed by atoms with E-state index in [1.165, 1.54) is 25.3 Å². The van der Waals surface area contributed by atoms with Gasteiger partial charge in [0.1, 0.15) is 17.4 Å². The van der Waals surface area contributed by atoms with Gasteiger partial charge in [-0.25, -0.2) is 8.42 Å². The molecule has 0 saturated heterocycles. The van der Waals surface area contributed by atoms with Gasteiger partial charge in [0.2, 0.25) is 0 Å². The van der Waals surface area contributed by atoms with Gasteiger partial charge in [-0.15, -0.1) is 0 Å². The van der Waals surface area contributed by atoms with Crippen molar-refractivity contribution in [1.29, 1.82) is 5.26 Å². The second-order valence-electron chi connectivity index (χ2n) is 7.57. The van der Waals surface area contributed by atoms with E-state index in [4.69, 9.17) is 4.74 Å². The van der Waals surface area contributed by atoms with Crippen molar-refractivity contribution in [3.8, 4) is 11.8 Å². The third kappa shape index (κ3) is 5.53. The molecule has 3 aromatic rings. The molecule has 0 fully saturated rings. The number of amides is 1. The van der Waals surface area contributed by atoms with Crippen LogP contribution in [0.15, 0.2) is 89.3 Å². The third-order valence-electron chi connectivity index (χ3n) is 5.25. The van der Waals surface area contributed by atoms with E-state index in [0.29, 0.717) is 15.6 Å². The first-order valence-corrected chi connectivity index (χ1v) is 12.3. The van der Waals surface area contributed by atoms with Crippen molar-refractivity contribution >= 4 is 27.7 Å². The van der Waals surface area contributed by atoms with Gasteiger partial charge in [-0.05, 0) is 54.8 Å². The molecule has 0 saturated carbocycles. The van der Waals surface area contributed by atoms with Crippen LogP contribution in [-0.4, -0.2) is 21.4 Å². The van der Waals surface area contributed by atoms with Gasteiger partial charge in [-0.3, -0.25) is 4.79 Å². The van der Waals surface area contributed by atoms with Crippen molar-refractivity contribution in [2.45, 2.75) is 31.1 Å². The molecule has 0 aliphatic rings. The number of unbranched alkanes of at least 4 members (excludes halogenated alkanes) is 1. The molecule has 6 nitrogen and oxygen atoms in total. The van der Waals surface area contributed by atoms with E-state index in [0.717, 1.165) is 24.8 Å². The normalized spacial score (nSPS) is 11.5. The maximum Gasteiger partial charge on any atom is 0.282 e. The molecule has 0 spiro atoms. The second kappa shape index (κ2) is 11.3. The number of methoxy groups -OCH3 is 1. The Hall–Kier alpha value is -3.89. The lowest BCUT2D eigenvalue weighted by Crippen LogP contribution is -2.37. The molecule has 0 aromatic heterocycles. The monoisotopic (exact) mass is 474 g/mol. The molecule has 34 heavy (non-hydrogen) atoms. The first-order valence-electron chi connectivity index (χ1n) is 10.9. The molecule has 0 radical (unpaired) electrons. The molecule has 0 aliphatic heterocycles. The standard InChI is InChI=1S/C27H26N2O4S/c1-3-4-10-21-15-17-24(18-16-21)29(34(31,32)25-12-6-5-7-13-25)27(30)23(20-28)19-22-11-8-9-14-26(22)33-2/h5-9,11-19H,3-4,10H2,1-2H3/b23-19+. The number of nitrogens with zero attached hydrogens (tertiary/aromatic N) is 2. The molecule has 1 amide bonds. The minimum absolute atomic E-state index is 0.0482. The number of hydrogen-bond donors (Lipinski definition) is 0. The number of carbonyl (C=O) groups excluding carboxylic acids is 1. The number of rotatable bonds is 9. The van der Waals surface area contributed by atoms with Gasteiger partial charge >= 0.3 is 0 Å². The first-order chi connectivity index (χ1) is 16.4. The number of hydrogen-bond acceptors (Lipinski definition) is 5. The molecule has 0 N–H and O–H groups in total. The van der Waals surface area contributed by atoms with E-state index in [2.05, 4.69) is 6.92 Å². The Labute approximate surface area is 200 Å². The van der Waals surface area contributed by atoms with Crippen LogP contribution in [0, 0.1) is 11.3 Å². The molecule has 3 aromatic carbocycles. The van der Waals surface area contributed by atoms with Gasteiger partial charge in [0.15, 0.2) is 0 Å². The fourth-order valence-corrected chi connectivity index (χ4v) is 4.86. The zero-order chi connectivity index (χ0) is 24.6. The molecule has 0 aliphatic carbocycles. The number of ether oxygens (including phenoxy) is 1. The molecule has 0 heterocycles. The summed E-state index contributed by atoms with van der Waals surface area (Å²) in [6.45, 7) is 2.10. The van der Waals surface area contributed by atoms with Gasteiger partial charge in [0, 0.05) is 5.56 Å². The fraction of sp³-hybridized carbons (Fsp3) is 0.185. The summed E-state index contributed by atoms with van der Waals surface area (Å²) in [4.78, 5) is 13.5. The minimum atomic E-state index is -4.29. The van der Waals surface area contributed by atoms with Crippen LogP contribution in [-0.2, 0) is 21.2 Å². The number of sulfonamides is 1. The minimum Gasteiger partial charge on any atom is -0.496 e. The number of aryl methyl sites for hydroxylation is 1. The third-order valence-corrected chi connectivity index (χ3v) is 6.97. The average molecular weight is 475 g/mol. The smallest absolute Gasteiger partial charge is 0.282 e. The van der Waals surface area contributed by atoms with E-state index in [9.17, 15) is 18.5 Å². The van der Waals surface area contributed by atoms with E-state index in [1.54, 1.807) is 54.6 Å². The van der Waals surface area contributed by atoms with Crippen molar-refractivity contribution in [3.63, 3.8) is 0 Å². The summed E-state index contributed by atoms with van der Waals surface area (Å²) in [5, 5.41) is 9.79. The highest BCUT2D eigenvalue weighted by atomic mass is 32.2. The van der Waals surface area contributed by atoms with E-state index in [-0.39, 0.29) is 16.2 Å². The largest absolute Gasteiger partial charge is 0.496 e. The highest BCUT2D eigenvalue weighted by molar-refractivity contribution is 7.93. The number of nitriles is 1. The lowest BCUT2D eigenvalue weighted by molar-refractivity contribution is -0.113. The average Bonchev–Trinajstić information content (AvgIpc) is 2.87. The number of carbonyl (C=O) groups is 1. The highest BCUT2D eigenvalue weighted by Gasteiger charge is 2.33. The van der Waals surface area contributed by atoms with Crippen LogP contribution in [0.4, 0.5) is 5.69 Å². The molecule has 7 heteroatoms. The maximum atomic E-state index is 13.6. The van der Waals surface area contributed by atoms with Crippen LogP contribution in [0.1, 0.15) is 30.9 Å². The maximum absolute atomic E-state index is 13.6. The Morgan fingerprint density at radius 1 is 1.00 bits per heavy atom. The van der Waals surface area contributed by atoms with Crippen LogP contribution in [0.5, 0.6) is 5.75 Å². The van der Waals surface area contributed by atoms with Crippen LogP contribution >= 0.6 is 0 Å². The summed E-state index contributed by atoms with van der Waals surface area (Å²) < 4.78 is 33.1. The van der Waals surface area contributed by atoms with Gasteiger partial charge in [-0.1, -0.05) is 61.9 Å². The van der Waals surface area contributed by atoms with E-state index >= 15 is 0 Å². The van der Waals surface area contributed by atoms with Crippen molar-refractivity contribution < 1.29 is 17.9 Å². The van der Waals surface area contributed by atoms with Crippen LogP contribution in [0.2, 0.25) is 0 Å². The Morgan fingerprint density at radius 2 is 1.65 bits per heavy atom. The van der Waals surface area contributed by atoms with Crippen molar-refractivity contribution in [2.75, 3.05) is 11.4 Å². The number of benzene rings is 3. The summed E-state index contributed by atoms with van der Waals surface area (Å²) in [5.41, 5.74) is 1.36. The first kappa shape index (κ1) is 24.7. The lowest BCUT2D eigenvalue weighted by atomic mass is 10.1. The van der Waals surface area contributed by atoms with Crippen LogP contribution < -0.4 is 9.04 Å². The molecule has 0 atom stereocenters. The topological polar surface area (TPSA) is 87.5 Å². The fourth-order valence-electron chi connectivity index (χ4n) is 3.43. The molecule has 0 unspecified atom stereocenters. The predicted octanol–water partition coefficient (Wildman–Crippen LogP) is 5.37. The van der Waals surface area contributed by atoms with Gasteiger partial charge in [0.25, 0.3) is 15.9 Å². The SMILES string of the molecule is CCCCc1ccc(N(C(=O)/C(C#N)=C/c2ccccc2OC)S(=O)(=O)c2ccccc2)cc1. The van der Waals surface area contributed by atoms with Crippen molar-refractivity contribution in [3.05, 3.63) is 95.6 Å². The molecule has 174 valence electrons. The lowest BCUT2D eigenvalue weighted by Gasteiger charge is -2.23. The van der Waals surface area contributed by atoms with Crippen LogP contribution in [0.3, 0.4) is 0 Å². The summed E-state index contributed by atoms with van der Waals surface area (Å²) in [6, 6.07) is 23.2. The van der Waals surface area contributed by atoms with Crippen molar-refractivity contribution in [2.24, 2.45) is 0 Å². The van der Waals surface area contributed by atoms with Crippen molar-refractivity contribution in [1.82, 2.24) is 0 Å². The predicted molar refractivity (Wildman–Crippen MR) is 133 cm³/mol. The summed E-state index contributed by atoms with van der Waals surface area (Å²) >= 11 is 0. The molecular formula is C27H26N2O4S. The Morgan fingerprint density at radius 3 is 2.26 bits per heavy atom. The summed E-state index contributed by atoms with van der Waals surface area (Å²) in [6.07, 6.45) is 4.23. The zero-order valence-corrected chi connectivity index (χ0v) is 20.0.